The third kappa shape index (κ3) is 3.30. The standard InChI is InChI=1S/C12H15IN4O2S/c1-8-12(11(7-14-2)16-15-8)20(18,19)17-10-5-3-9(13)4-6-10/h3-6,14,17H,7H2,1-2H3,(H,15,16). The monoisotopic (exact) mass is 406 g/mol. The summed E-state index contributed by atoms with van der Waals surface area (Å²) in [6, 6.07) is 7.14. The molecule has 1 aromatic carbocycles. The fourth-order valence-corrected chi connectivity index (χ4v) is 3.62. The molecule has 0 amide bonds. The van der Waals surface area contributed by atoms with E-state index in [4.69, 9.17) is 0 Å². The molecule has 0 atom stereocenters. The molecule has 1 heterocycles. The van der Waals surface area contributed by atoms with Crippen LogP contribution in [-0.4, -0.2) is 25.7 Å². The van der Waals surface area contributed by atoms with Gasteiger partial charge < -0.3 is 5.32 Å². The maximum absolute atomic E-state index is 12.5. The van der Waals surface area contributed by atoms with E-state index >= 15 is 0 Å². The first-order valence-electron chi connectivity index (χ1n) is 5.91. The average molecular weight is 406 g/mol. The predicted octanol–water partition coefficient (Wildman–Crippen LogP) is 1.84. The molecule has 0 bridgehead atoms. The SMILES string of the molecule is CNCc1n[nH]c(C)c1S(=O)(=O)Nc1ccc(I)cc1. The molecular weight excluding hydrogens is 391 g/mol. The van der Waals surface area contributed by atoms with Crippen LogP contribution >= 0.6 is 22.6 Å². The Labute approximate surface area is 131 Å². The van der Waals surface area contributed by atoms with E-state index in [1.54, 1.807) is 26.1 Å². The van der Waals surface area contributed by atoms with Gasteiger partial charge in [0.05, 0.1) is 11.4 Å². The topological polar surface area (TPSA) is 86.9 Å². The maximum atomic E-state index is 12.5. The van der Waals surface area contributed by atoms with Gasteiger partial charge in [-0.1, -0.05) is 0 Å². The molecule has 0 saturated carbocycles. The number of aromatic nitrogens is 2. The molecule has 0 unspecified atom stereocenters. The Hall–Kier alpha value is -1.13. The summed E-state index contributed by atoms with van der Waals surface area (Å²) in [5.74, 6) is 0. The molecule has 20 heavy (non-hydrogen) atoms. The van der Waals surface area contributed by atoms with E-state index in [0.717, 1.165) is 3.57 Å². The number of nitrogens with zero attached hydrogens (tertiary/aromatic N) is 1. The first kappa shape index (κ1) is 15.3. The minimum Gasteiger partial charge on any atom is -0.314 e. The van der Waals surface area contributed by atoms with E-state index in [-0.39, 0.29) is 4.90 Å². The Morgan fingerprint density at radius 2 is 1.95 bits per heavy atom. The van der Waals surface area contributed by atoms with Crippen molar-refractivity contribution in [3.05, 3.63) is 39.2 Å². The van der Waals surface area contributed by atoms with Crippen LogP contribution in [-0.2, 0) is 16.6 Å². The summed E-state index contributed by atoms with van der Waals surface area (Å²) in [4.78, 5) is 0.199. The number of benzene rings is 1. The molecular formula is C12H15IN4O2S. The maximum Gasteiger partial charge on any atom is 0.265 e. The quantitative estimate of drug-likeness (QED) is 0.662. The molecule has 0 aliphatic carbocycles. The van der Waals surface area contributed by atoms with Crippen LogP contribution in [0.5, 0.6) is 0 Å². The van der Waals surface area contributed by atoms with E-state index in [1.165, 1.54) is 0 Å². The fraction of sp³-hybridized carbons (Fsp3) is 0.250. The number of rotatable bonds is 5. The van der Waals surface area contributed by atoms with Crippen molar-refractivity contribution in [2.45, 2.75) is 18.4 Å². The molecule has 0 aliphatic heterocycles. The molecule has 8 heteroatoms. The van der Waals surface area contributed by atoms with Crippen LogP contribution < -0.4 is 10.0 Å². The van der Waals surface area contributed by atoms with Gasteiger partial charge in [-0.2, -0.15) is 5.10 Å². The molecule has 1 aromatic heterocycles. The molecule has 0 saturated heterocycles. The summed E-state index contributed by atoms with van der Waals surface area (Å²) < 4.78 is 28.5. The molecule has 2 aromatic rings. The zero-order chi connectivity index (χ0) is 14.8. The van der Waals surface area contributed by atoms with Gasteiger partial charge in [-0.25, -0.2) is 8.42 Å². The normalized spacial score (nSPS) is 11.6. The lowest BCUT2D eigenvalue weighted by molar-refractivity contribution is 0.598. The smallest absolute Gasteiger partial charge is 0.265 e. The Bertz CT molecular complexity index is 695. The second-order valence-electron chi connectivity index (χ2n) is 4.27. The highest BCUT2D eigenvalue weighted by molar-refractivity contribution is 14.1. The van der Waals surface area contributed by atoms with Crippen LogP contribution in [0.25, 0.3) is 0 Å². The van der Waals surface area contributed by atoms with Gasteiger partial charge in [-0.3, -0.25) is 9.82 Å². The number of H-pyrrole nitrogens is 1. The van der Waals surface area contributed by atoms with Crippen LogP contribution in [0.4, 0.5) is 5.69 Å². The summed E-state index contributed by atoms with van der Waals surface area (Å²) >= 11 is 2.17. The van der Waals surface area contributed by atoms with Gasteiger partial charge in [0.15, 0.2) is 0 Å². The minimum absolute atomic E-state index is 0.199. The Balaban J connectivity index is 2.35. The summed E-state index contributed by atoms with van der Waals surface area (Å²) in [7, 11) is -1.91. The highest BCUT2D eigenvalue weighted by Crippen LogP contribution is 2.21. The van der Waals surface area contributed by atoms with Crippen molar-refractivity contribution in [1.82, 2.24) is 15.5 Å². The summed E-state index contributed by atoms with van der Waals surface area (Å²) in [6.07, 6.45) is 0. The summed E-state index contributed by atoms with van der Waals surface area (Å²) in [6.45, 7) is 2.07. The van der Waals surface area contributed by atoms with Gasteiger partial charge in [0.1, 0.15) is 4.90 Å². The lowest BCUT2D eigenvalue weighted by Crippen LogP contribution is -2.17. The largest absolute Gasteiger partial charge is 0.314 e. The van der Waals surface area contributed by atoms with Gasteiger partial charge in [0.2, 0.25) is 0 Å². The molecule has 108 valence electrons. The molecule has 3 N–H and O–H groups in total. The summed E-state index contributed by atoms with van der Waals surface area (Å²) in [5, 5.41) is 9.64. The van der Waals surface area contributed by atoms with Crippen molar-refractivity contribution < 1.29 is 8.42 Å². The second kappa shape index (κ2) is 6.10. The Morgan fingerprint density at radius 1 is 1.30 bits per heavy atom. The van der Waals surface area contributed by atoms with E-state index in [2.05, 4.69) is 42.8 Å². The highest BCUT2D eigenvalue weighted by atomic mass is 127. The average Bonchev–Trinajstić information content (AvgIpc) is 2.74. The summed E-state index contributed by atoms with van der Waals surface area (Å²) in [5.41, 5.74) is 1.53. The molecule has 0 fully saturated rings. The third-order valence-electron chi connectivity index (χ3n) is 2.67. The first-order valence-corrected chi connectivity index (χ1v) is 8.47. The van der Waals surface area contributed by atoms with Crippen molar-refractivity contribution in [3.63, 3.8) is 0 Å². The van der Waals surface area contributed by atoms with Crippen LogP contribution in [0.3, 0.4) is 0 Å². The predicted molar refractivity (Wildman–Crippen MR) is 86.1 cm³/mol. The van der Waals surface area contributed by atoms with E-state index in [9.17, 15) is 8.42 Å². The highest BCUT2D eigenvalue weighted by Gasteiger charge is 2.24. The Morgan fingerprint density at radius 3 is 2.55 bits per heavy atom. The van der Waals surface area contributed by atoms with Crippen LogP contribution in [0.15, 0.2) is 29.2 Å². The molecule has 0 radical (unpaired) electrons. The fourth-order valence-electron chi connectivity index (χ4n) is 1.84. The number of hydrogen-bond donors (Lipinski definition) is 3. The van der Waals surface area contributed by atoms with Crippen molar-refractivity contribution in [3.8, 4) is 0 Å². The van der Waals surface area contributed by atoms with Crippen molar-refractivity contribution in [2.75, 3.05) is 11.8 Å². The van der Waals surface area contributed by atoms with Crippen LogP contribution in [0.1, 0.15) is 11.4 Å². The molecule has 0 aliphatic rings. The van der Waals surface area contributed by atoms with Crippen molar-refractivity contribution in [1.29, 1.82) is 0 Å². The first-order chi connectivity index (χ1) is 9.44. The zero-order valence-electron chi connectivity index (χ0n) is 11.1. The van der Waals surface area contributed by atoms with E-state index < -0.39 is 10.0 Å². The lowest BCUT2D eigenvalue weighted by Gasteiger charge is -2.09. The number of halogens is 1. The molecule has 6 nitrogen and oxygen atoms in total. The third-order valence-corrected chi connectivity index (χ3v) is 4.97. The van der Waals surface area contributed by atoms with Gasteiger partial charge in [-0.15, -0.1) is 0 Å². The van der Waals surface area contributed by atoms with Crippen LogP contribution in [0, 0.1) is 10.5 Å². The lowest BCUT2D eigenvalue weighted by atomic mass is 10.3. The number of nitrogens with one attached hydrogen (secondary N) is 3. The number of aromatic amines is 1. The van der Waals surface area contributed by atoms with E-state index in [1.807, 2.05) is 12.1 Å². The number of hydrogen-bond acceptors (Lipinski definition) is 4. The second-order valence-corrected chi connectivity index (χ2v) is 7.13. The Kier molecular flexibility index (Phi) is 4.66. The minimum atomic E-state index is -3.65. The van der Waals surface area contributed by atoms with Gasteiger partial charge in [0, 0.05) is 15.8 Å². The van der Waals surface area contributed by atoms with Crippen molar-refractivity contribution >= 4 is 38.3 Å². The molecule has 2 rings (SSSR count). The van der Waals surface area contributed by atoms with Crippen LogP contribution in [0.2, 0.25) is 0 Å². The zero-order valence-corrected chi connectivity index (χ0v) is 14.0. The van der Waals surface area contributed by atoms with E-state index in [0.29, 0.717) is 23.6 Å². The molecule has 0 spiro atoms. The number of sulfonamides is 1. The van der Waals surface area contributed by atoms with Gasteiger partial charge in [-0.05, 0) is 60.8 Å². The number of aryl methyl sites for hydroxylation is 1. The van der Waals surface area contributed by atoms with Crippen molar-refractivity contribution in [2.24, 2.45) is 0 Å². The number of anilines is 1. The van der Waals surface area contributed by atoms with Gasteiger partial charge in [0.25, 0.3) is 10.0 Å². The van der Waals surface area contributed by atoms with Gasteiger partial charge >= 0.3 is 0 Å².